The first-order chi connectivity index (χ1) is 15.8. The molecule has 0 aliphatic rings. The lowest BCUT2D eigenvalue weighted by molar-refractivity contribution is -0.384. The highest BCUT2D eigenvalue weighted by Gasteiger charge is 2.19. The van der Waals surface area contributed by atoms with Gasteiger partial charge in [-0.15, -0.1) is 0 Å². The predicted molar refractivity (Wildman–Crippen MR) is 127 cm³/mol. The molecule has 0 atom stereocenters. The Hall–Kier alpha value is -4.14. The summed E-state index contributed by atoms with van der Waals surface area (Å²) in [5.74, 6) is 0. The van der Waals surface area contributed by atoms with E-state index in [0.717, 1.165) is 11.1 Å². The maximum atomic E-state index is 12.2. The van der Waals surface area contributed by atoms with Crippen molar-refractivity contribution in [1.82, 2.24) is 4.98 Å². The number of aromatic nitrogens is 1. The molecule has 1 heterocycles. The number of nitro benzene ring substituents is 1. The Bertz CT molecular complexity index is 1670. The molecule has 0 bridgehead atoms. The summed E-state index contributed by atoms with van der Waals surface area (Å²) in [6.45, 7) is 0. The summed E-state index contributed by atoms with van der Waals surface area (Å²) in [4.78, 5) is 15.3. The Morgan fingerprint density at radius 1 is 0.818 bits per heavy atom. The fourth-order valence-electron chi connectivity index (χ4n) is 4.03. The first-order valence-electron chi connectivity index (χ1n) is 9.97. The standard InChI is InChI=1S/C25H16N2O5S/c28-27(29)19-10-4-9-18(14-19)22-15-21(16-6-2-1-3-7-16)20-13-12-17-8-5-11-23(33(30,31)32)24(17)25(20)26-22/h1-15H,(H,30,31,32). The molecule has 4 aromatic carbocycles. The number of fused-ring (bicyclic) bond motifs is 3. The fraction of sp³-hybridized carbons (Fsp3) is 0. The van der Waals surface area contributed by atoms with Crippen molar-refractivity contribution in [3.63, 3.8) is 0 Å². The van der Waals surface area contributed by atoms with Crippen LogP contribution in [-0.4, -0.2) is 22.9 Å². The van der Waals surface area contributed by atoms with Crippen LogP contribution in [0.4, 0.5) is 5.69 Å². The van der Waals surface area contributed by atoms with Crippen LogP contribution in [0.2, 0.25) is 0 Å². The first kappa shape index (κ1) is 20.7. The maximum Gasteiger partial charge on any atom is 0.295 e. The minimum absolute atomic E-state index is 0.0767. The van der Waals surface area contributed by atoms with E-state index in [1.807, 2.05) is 42.5 Å². The van der Waals surface area contributed by atoms with E-state index in [1.165, 1.54) is 18.2 Å². The Morgan fingerprint density at radius 2 is 1.55 bits per heavy atom. The van der Waals surface area contributed by atoms with E-state index >= 15 is 0 Å². The van der Waals surface area contributed by atoms with Gasteiger partial charge >= 0.3 is 0 Å². The van der Waals surface area contributed by atoms with Gasteiger partial charge in [0.15, 0.2) is 0 Å². The molecular weight excluding hydrogens is 440 g/mol. The smallest absolute Gasteiger partial charge is 0.282 e. The van der Waals surface area contributed by atoms with Gasteiger partial charge in [0.25, 0.3) is 15.8 Å². The average Bonchev–Trinajstić information content (AvgIpc) is 2.82. The van der Waals surface area contributed by atoms with Gasteiger partial charge in [-0.3, -0.25) is 14.7 Å². The molecular formula is C25H16N2O5S. The van der Waals surface area contributed by atoms with Crippen LogP contribution in [0.15, 0.2) is 95.9 Å². The summed E-state index contributed by atoms with van der Waals surface area (Å²) in [5, 5.41) is 12.9. The molecule has 5 aromatic rings. The fourth-order valence-corrected chi connectivity index (χ4v) is 4.75. The molecule has 0 spiro atoms. The van der Waals surface area contributed by atoms with E-state index < -0.39 is 15.0 Å². The largest absolute Gasteiger partial charge is 0.295 e. The van der Waals surface area contributed by atoms with Crippen LogP contribution >= 0.6 is 0 Å². The van der Waals surface area contributed by atoms with Crippen LogP contribution in [0.5, 0.6) is 0 Å². The molecule has 0 unspecified atom stereocenters. The highest BCUT2D eigenvalue weighted by molar-refractivity contribution is 7.86. The summed E-state index contributed by atoms with van der Waals surface area (Å²) >= 11 is 0. The van der Waals surface area contributed by atoms with Crippen LogP contribution in [0.3, 0.4) is 0 Å². The van der Waals surface area contributed by atoms with Gasteiger partial charge < -0.3 is 0 Å². The van der Waals surface area contributed by atoms with Gasteiger partial charge in [-0.25, -0.2) is 4.98 Å². The number of hydrogen-bond donors (Lipinski definition) is 1. The Labute approximate surface area is 188 Å². The van der Waals surface area contributed by atoms with Crippen molar-refractivity contribution in [2.24, 2.45) is 0 Å². The number of rotatable bonds is 4. The molecule has 8 heteroatoms. The average molecular weight is 456 g/mol. The Balaban J connectivity index is 1.95. The number of nitrogens with zero attached hydrogens (tertiary/aromatic N) is 2. The van der Waals surface area contributed by atoms with E-state index in [4.69, 9.17) is 4.98 Å². The number of non-ortho nitro benzene ring substituents is 1. The molecule has 0 radical (unpaired) electrons. The highest BCUT2D eigenvalue weighted by Crippen LogP contribution is 2.37. The second-order valence-corrected chi connectivity index (χ2v) is 8.91. The van der Waals surface area contributed by atoms with Crippen molar-refractivity contribution in [2.45, 2.75) is 4.90 Å². The SMILES string of the molecule is O=[N+]([O-])c1cccc(-c2cc(-c3ccccc3)c3ccc4cccc(S(=O)(=O)O)c4c3n2)c1. The molecule has 7 nitrogen and oxygen atoms in total. The third-order valence-electron chi connectivity index (χ3n) is 5.50. The third-order valence-corrected chi connectivity index (χ3v) is 6.39. The van der Waals surface area contributed by atoms with Gasteiger partial charge in [0.05, 0.1) is 16.1 Å². The van der Waals surface area contributed by atoms with Crippen LogP contribution in [0.25, 0.3) is 44.1 Å². The van der Waals surface area contributed by atoms with E-state index in [0.29, 0.717) is 32.9 Å². The molecule has 0 aliphatic heterocycles. The first-order valence-corrected chi connectivity index (χ1v) is 11.4. The molecule has 162 valence electrons. The van der Waals surface area contributed by atoms with Gasteiger partial charge in [0, 0.05) is 28.5 Å². The summed E-state index contributed by atoms with van der Waals surface area (Å²) < 4.78 is 34.2. The van der Waals surface area contributed by atoms with Gasteiger partial charge in [-0.1, -0.05) is 66.7 Å². The molecule has 0 saturated heterocycles. The normalized spacial score (nSPS) is 11.7. The lowest BCUT2D eigenvalue weighted by Crippen LogP contribution is -2.00. The molecule has 1 N–H and O–H groups in total. The topological polar surface area (TPSA) is 110 Å². The molecule has 0 fully saturated rings. The lowest BCUT2D eigenvalue weighted by Gasteiger charge is -2.14. The van der Waals surface area contributed by atoms with Gasteiger partial charge in [0.1, 0.15) is 4.90 Å². The maximum absolute atomic E-state index is 12.2. The lowest BCUT2D eigenvalue weighted by atomic mass is 9.96. The van der Waals surface area contributed by atoms with Crippen LogP contribution in [0.1, 0.15) is 0 Å². The van der Waals surface area contributed by atoms with Gasteiger partial charge in [0.2, 0.25) is 0 Å². The summed E-state index contributed by atoms with van der Waals surface area (Å²) in [6.07, 6.45) is 0. The van der Waals surface area contributed by atoms with Crippen LogP contribution in [0, 0.1) is 10.1 Å². The second kappa shape index (κ2) is 7.77. The van der Waals surface area contributed by atoms with Gasteiger partial charge in [-0.05, 0) is 28.6 Å². The minimum atomic E-state index is -4.52. The number of nitro groups is 1. The molecule has 0 saturated carbocycles. The number of pyridine rings is 1. The Kier molecular flexibility index (Phi) is 4.88. The van der Waals surface area contributed by atoms with Crippen molar-refractivity contribution >= 4 is 37.5 Å². The molecule has 0 aliphatic carbocycles. The Morgan fingerprint density at radius 3 is 2.27 bits per heavy atom. The molecule has 1 aromatic heterocycles. The van der Waals surface area contributed by atoms with Gasteiger partial charge in [-0.2, -0.15) is 8.42 Å². The monoisotopic (exact) mass is 456 g/mol. The van der Waals surface area contributed by atoms with Crippen LogP contribution < -0.4 is 0 Å². The van der Waals surface area contributed by atoms with Crippen molar-refractivity contribution < 1.29 is 17.9 Å². The van der Waals surface area contributed by atoms with Crippen molar-refractivity contribution in [3.05, 3.63) is 101 Å². The van der Waals surface area contributed by atoms with E-state index in [-0.39, 0.29) is 10.6 Å². The zero-order valence-electron chi connectivity index (χ0n) is 17.0. The number of hydrogen-bond acceptors (Lipinski definition) is 5. The quantitative estimate of drug-likeness (QED) is 0.157. The number of benzene rings is 4. The van der Waals surface area contributed by atoms with Crippen molar-refractivity contribution in [2.75, 3.05) is 0 Å². The summed E-state index contributed by atoms with van der Waals surface area (Å²) in [6, 6.07) is 25.7. The van der Waals surface area contributed by atoms with E-state index in [9.17, 15) is 23.1 Å². The molecule has 33 heavy (non-hydrogen) atoms. The summed E-state index contributed by atoms with van der Waals surface area (Å²) in [5.41, 5.74) is 2.93. The van der Waals surface area contributed by atoms with Crippen LogP contribution in [-0.2, 0) is 10.1 Å². The van der Waals surface area contributed by atoms with E-state index in [2.05, 4.69) is 0 Å². The van der Waals surface area contributed by atoms with E-state index in [1.54, 1.807) is 30.3 Å². The minimum Gasteiger partial charge on any atom is -0.282 e. The second-order valence-electron chi connectivity index (χ2n) is 7.52. The van der Waals surface area contributed by atoms with Crippen molar-refractivity contribution in [3.8, 4) is 22.4 Å². The summed E-state index contributed by atoms with van der Waals surface area (Å²) in [7, 11) is -4.52. The highest BCUT2D eigenvalue weighted by atomic mass is 32.2. The third kappa shape index (κ3) is 3.71. The zero-order valence-corrected chi connectivity index (χ0v) is 17.9. The molecule has 5 rings (SSSR count). The molecule has 0 amide bonds. The van der Waals surface area contributed by atoms with Crippen molar-refractivity contribution in [1.29, 1.82) is 0 Å². The predicted octanol–water partition coefficient (Wildman–Crippen LogP) is 5.88. The zero-order chi connectivity index (χ0) is 23.2.